The van der Waals surface area contributed by atoms with Gasteiger partial charge in [0.15, 0.2) is 0 Å². The molecule has 102 valence electrons. The van der Waals surface area contributed by atoms with E-state index in [2.05, 4.69) is 51.9 Å². The zero-order valence-electron chi connectivity index (χ0n) is 12.4. The summed E-state index contributed by atoms with van der Waals surface area (Å²) in [6.07, 6.45) is 1.57. The standard InChI is InChI=1S/C14H30N2O/c1-11(9-15-14(3,4)5)10-16(6)13-7-8-17-12(13)2/h11-13,15H,7-10H2,1-6H3. The van der Waals surface area contributed by atoms with Crippen molar-refractivity contribution < 1.29 is 4.74 Å². The van der Waals surface area contributed by atoms with Crippen molar-refractivity contribution in [1.82, 2.24) is 10.2 Å². The van der Waals surface area contributed by atoms with Gasteiger partial charge in [-0.25, -0.2) is 0 Å². The predicted octanol–water partition coefficient (Wildman–Crippen LogP) is 2.12. The Kier molecular flexibility index (Phi) is 5.42. The maximum Gasteiger partial charge on any atom is 0.0702 e. The molecule has 0 radical (unpaired) electrons. The predicted molar refractivity (Wildman–Crippen MR) is 73.4 cm³/mol. The maximum absolute atomic E-state index is 5.63. The highest BCUT2D eigenvalue weighted by Gasteiger charge is 2.28. The molecule has 0 bridgehead atoms. The van der Waals surface area contributed by atoms with E-state index in [0.717, 1.165) is 19.7 Å². The van der Waals surface area contributed by atoms with Crippen LogP contribution in [0.1, 0.15) is 41.0 Å². The zero-order valence-corrected chi connectivity index (χ0v) is 12.4. The monoisotopic (exact) mass is 242 g/mol. The topological polar surface area (TPSA) is 24.5 Å². The van der Waals surface area contributed by atoms with Gasteiger partial charge in [0.05, 0.1) is 6.10 Å². The fourth-order valence-corrected chi connectivity index (χ4v) is 2.47. The number of hydrogen-bond acceptors (Lipinski definition) is 3. The van der Waals surface area contributed by atoms with Crippen molar-refractivity contribution in [3.05, 3.63) is 0 Å². The molecule has 0 aliphatic carbocycles. The Bertz CT molecular complexity index is 225. The van der Waals surface area contributed by atoms with Crippen LogP contribution in [0.5, 0.6) is 0 Å². The quantitative estimate of drug-likeness (QED) is 0.799. The van der Waals surface area contributed by atoms with Crippen LogP contribution in [-0.2, 0) is 4.74 Å². The van der Waals surface area contributed by atoms with Gasteiger partial charge >= 0.3 is 0 Å². The summed E-state index contributed by atoms with van der Waals surface area (Å²) in [4.78, 5) is 2.46. The Morgan fingerprint density at radius 1 is 1.41 bits per heavy atom. The fraction of sp³-hybridized carbons (Fsp3) is 1.00. The van der Waals surface area contributed by atoms with Gasteiger partial charge in [0.25, 0.3) is 0 Å². The molecule has 1 N–H and O–H groups in total. The van der Waals surface area contributed by atoms with Gasteiger partial charge in [0.2, 0.25) is 0 Å². The summed E-state index contributed by atoms with van der Waals surface area (Å²) < 4.78 is 5.63. The molecule has 3 unspecified atom stereocenters. The molecule has 0 aromatic carbocycles. The summed E-state index contributed by atoms with van der Waals surface area (Å²) in [5.41, 5.74) is 0.219. The lowest BCUT2D eigenvalue weighted by Gasteiger charge is -2.30. The molecule has 1 fully saturated rings. The summed E-state index contributed by atoms with van der Waals surface area (Å²) >= 11 is 0. The molecule has 3 heteroatoms. The molecular weight excluding hydrogens is 212 g/mol. The number of rotatable bonds is 5. The summed E-state index contributed by atoms with van der Waals surface area (Å²) in [6.45, 7) is 14.3. The smallest absolute Gasteiger partial charge is 0.0702 e. The van der Waals surface area contributed by atoms with E-state index >= 15 is 0 Å². The third kappa shape index (κ3) is 5.36. The number of ether oxygens (including phenoxy) is 1. The second kappa shape index (κ2) is 6.17. The summed E-state index contributed by atoms with van der Waals surface area (Å²) in [5.74, 6) is 0.673. The molecule has 1 rings (SSSR count). The minimum absolute atomic E-state index is 0.219. The van der Waals surface area contributed by atoms with Gasteiger partial charge in [-0.3, -0.25) is 0 Å². The molecule has 3 atom stereocenters. The first-order chi connectivity index (χ1) is 7.79. The highest BCUT2D eigenvalue weighted by molar-refractivity contribution is 4.82. The molecule has 1 heterocycles. The van der Waals surface area contributed by atoms with E-state index < -0.39 is 0 Å². The molecule has 1 aliphatic heterocycles. The fourth-order valence-electron chi connectivity index (χ4n) is 2.47. The molecule has 17 heavy (non-hydrogen) atoms. The highest BCUT2D eigenvalue weighted by atomic mass is 16.5. The van der Waals surface area contributed by atoms with Crippen LogP contribution < -0.4 is 5.32 Å². The van der Waals surface area contributed by atoms with Crippen molar-refractivity contribution in [2.45, 2.75) is 58.7 Å². The minimum Gasteiger partial charge on any atom is -0.377 e. The molecule has 0 amide bonds. The Labute approximate surface area is 107 Å². The Hall–Kier alpha value is -0.120. The summed E-state index contributed by atoms with van der Waals surface area (Å²) in [6, 6.07) is 0.604. The lowest BCUT2D eigenvalue weighted by atomic mass is 10.0. The van der Waals surface area contributed by atoms with Crippen molar-refractivity contribution >= 4 is 0 Å². The van der Waals surface area contributed by atoms with E-state index in [1.54, 1.807) is 0 Å². The van der Waals surface area contributed by atoms with Crippen molar-refractivity contribution in [3.63, 3.8) is 0 Å². The molecule has 0 aromatic rings. The lowest BCUT2D eigenvalue weighted by molar-refractivity contribution is 0.0787. The van der Waals surface area contributed by atoms with Crippen LogP contribution in [0.25, 0.3) is 0 Å². The molecule has 0 aromatic heterocycles. The van der Waals surface area contributed by atoms with Crippen LogP contribution in [0.15, 0.2) is 0 Å². The maximum atomic E-state index is 5.63. The van der Waals surface area contributed by atoms with Crippen molar-refractivity contribution in [1.29, 1.82) is 0 Å². The average Bonchev–Trinajstić information content (AvgIpc) is 2.60. The largest absolute Gasteiger partial charge is 0.377 e. The first-order valence-corrected chi connectivity index (χ1v) is 6.86. The highest BCUT2D eigenvalue weighted by Crippen LogP contribution is 2.19. The Morgan fingerprint density at radius 2 is 2.06 bits per heavy atom. The van der Waals surface area contributed by atoms with E-state index in [4.69, 9.17) is 4.74 Å². The van der Waals surface area contributed by atoms with E-state index in [-0.39, 0.29) is 5.54 Å². The summed E-state index contributed by atoms with van der Waals surface area (Å²) in [7, 11) is 2.23. The Balaban J connectivity index is 2.28. The van der Waals surface area contributed by atoms with Crippen LogP contribution in [0.3, 0.4) is 0 Å². The summed E-state index contributed by atoms with van der Waals surface area (Å²) in [5, 5.41) is 3.57. The molecular formula is C14H30N2O. The van der Waals surface area contributed by atoms with E-state index in [1.807, 2.05) is 0 Å². The first kappa shape index (κ1) is 14.9. The molecule has 0 saturated carbocycles. The van der Waals surface area contributed by atoms with Crippen LogP contribution in [0.4, 0.5) is 0 Å². The van der Waals surface area contributed by atoms with Crippen molar-refractivity contribution in [2.75, 3.05) is 26.7 Å². The van der Waals surface area contributed by atoms with E-state index in [9.17, 15) is 0 Å². The lowest BCUT2D eigenvalue weighted by Crippen LogP contribution is -2.44. The van der Waals surface area contributed by atoms with Crippen LogP contribution in [0.2, 0.25) is 0 Å². The third-order valence-electron chi connectivity index (χ3n) is 3.48. The molecule has 3 nitrogen and oxygen atoms in total. The van der Waals surface area contributed by atoms with Gasteiger partial charge < -0.3 is 15.0 Å². The van der Waals surface area contributed by atoms with E-state index in [1.165, 1.54) is 6.42 Å². The number of likely N-dealkylation sites (N-methyl/N-ethyl adjacent to an activating group) is 1. The molecule has 1 aliphatic rings. The first-order valence-electron chi connectivity index (χ1n) is 6.86. The van der Waals surface area contributed by atoms with Gasteiger partial charge in [-0.15, -0.1) is 0 Å². The van der Waals surface area contributed by atoms with Crippen LogP contribution in [0, 0.1) is 5.92 Å². The van der Waals surface area contributed by atoms with Gasteiger partial charge in [-0.1, -0.05) is 6.92 Å². The van der Waals surface area contributed by atoms with Gasteiger partial charge in [-0.05, 0) is 53.6 Å². The minimum atomic E-state index is 0.219. The van der Waals surface area contributed by atoms with Gasteiger partial charge in [0.1, 0.15) is 0 Å². The Morgan fingerprint density at radius 3 is 2.53 bits per heavy atom. The number of nitrogens with one attached hydrogen (secondary N) is 1. The second-order valence-electron chi connectivity index (χ2n) is 6.61. The average molecular weight is 242 g/mol. The van der Waals surface area contributed by atoms with E-state index in [0.29, 0.717) is 18.1 Å². The van der Waals surface area contributed by atoms with Gasteiger partial charge in [0, 0.05) is 24.7 Å². The molecule has 0 spiro atoms. The number of nitrogens with zero attached hydrogens (tertiary/aromatic N) is 1. The SMILES string of the molecule is CC(CNC(C)(C)C)CN(C)C1CCOC1C. The zero-order chi connectivity index (χ0) is 13.1. The normalized spacial score (nSPS) is 27.7. The van der Waals surface area contributed by atoms with Crippen LogP contribution >= 0.6 is 0 Å². The molecule has 1 saturated heterocycles. The van der Waals surface area contributed by atoms with Crippen LogP contribution in [-0.4, -0.2) is 49.3 Å². The van der Waals surface area contributed by atoms with Crippen molar-refractivity contribution in [2.24, 2.45) is 5.92 Å². The number of hydrogen-bond donors (Lipinski definition) is 1. The van der Waals surface area contributed by atoms with Crippen molar-refractivity contribution in [3.8, 4) is 0 Å². The second-order valence-corrected chi connectivity index (χ2v) is 6.61. The van der Waals surface area contributed by atoms with Gasteiger partial charge in [-0.2, -0.15) is 0 Å². The third-order valence-corrected chi connectivity index (χ3v) is 3.48.